The van der Waals surface area contributed by atoms with Crippen molar-refractivity contribution >= 4 is 12.2 Å². The minimum Gasteiger partial charge on any atom is -0.438 e. The summed E-state index contributed by atoms with van der Waals surface area (Å²) < 4.78 is 27.1. The number of ether oxygens (including phenoxy) is 2. The lowest BCUT2D eigenvalue weighted by molar-refractivity contribution is -0.0485. The highest BCUT2D eigenvalue weighted by atomic mass is 32.1. The van der Waals surface area contributed by atoms with Crippen molar-refractivity contribution < 1.29 is 24.1 Å². The van der Waals surface area contributed by atoms with Gasteiger partial charge in [0.05, 0.1) is 6.61 Å². The number of halogens is 1. The van der Waals surface area contributed by atoms with Gasteiger partial charge in [-0.25, -0.2) is 4.39 Å². The molecule has 6 nitrogen and oxygen atoms in total. The van der Waals surface area contributed by atoms with Crippen LogP contribution in [0.25, 0.3) is 0 Å². The Morgan fingerprint density at radius 2 is 1.92 bits per heavy atom. The fourth-order valence-electron chi connectivity index (χ4n) is 2.97. The summed E-state index contributed by atoms with van der Waals surface area (Å²) in [6, 6.07) is 5.81. The van der Waals surface area contributed by atoms with Gasteiger partial charge in [0.25, 0.3) is 0 Å². The van der Waals surface area contributed by atoms with Crippen LogP contribution in [0.15, 0.2) is 24.4 Å². The van der Waals surface area contributed by atoms with Crippen molar-refractivity contribution in [2.75, 3.05) is 6.61 Å². The average molecular weight is 380 g/mol. The maximum Gasteiger partial charge on any atom is 0.226 e. The van der Waals surface area contributed by atoms with Crippen LogP contribution in [0.4, 0.5) is 4.39 Å². The maximum atomic E-state index is 14.4. The summed E-state index contributed by atoms with van der Waals surface area (Å²) in [6.45, 7) is 5.16. The van der Waals surface area contributed by atoms with E-state index in [0.717, 1.165) is 11.1 Å². The van der Waals surface area contributed by atoms with Crippen LogP contribution in [-0.2, 0) is 4.74 Å². The summed E-state index contributed by atoms with van der Waals surface area (Å²) in [6.07, 6.45) is -3.69. The van der Waals surface area contributed by atoms with Crippen molar-refractivity contribution in [1.29, 1.82) is 0 Å². The number of para-hydroxylation sites is 1. The first kappa shape index (κ1) is 18.9. The highest BCUT2D eigenvalue weighted by Gasteiger charge is 2.45. The highest BCUT2D eigenvalue weighted by molar-refractivity contribution is 7.71. The number of hydrogen-bond acceptors (Lipinski definition) is 6. The van der Waals surface area contributed by atoms with Crippen LogP contribution < -0.4 is 4.74 Å². The normalized spacial score (nSPS) is 25.5. The van der Waals surface area contributed by atoms with Crippen LogP contribution in [0.1, 0.15) is 22.9 Å². The Kier molecular flexibility index (Phi) is 5.38. The van der Waals surface area contributed by atoms with Crippen molar-refractivity contribution in [3.05, 3.63) is 45.9 Å². The van der Waals surface area contributed by atoms with E-state index in [1.165, 1.54) is 4.57 Å². The Morgan fingerprint density at radius 1 is 1.27 bits per heavy atom. The lowest BCUT2D eigenvalue weighted by Crippen LogP contribution is -2.30. The van der Waals surface area contributed by atoms with E-state index in [1.807, 2.05) is 32.0 Å². The summed E-state index contributed by atoms with van der Waals surface area (Å²) >= 11 is 5.27. The van der Waals surface area contributed by atoms with Gasteiger partial charge in [-0.1, -0.05) is 18.2 Å². The SMILES string of the molecule is Cc1cn([C@H]2O[C@@H](CO)[C@@H](O)C2F)c(=S)nc1Oc1c(C)cccc1C. The third kappa shape index (κ3) is 3.37. The smallest absolute Gasteiger partial charge is 0.226 e. The first-order chi connectivity index (χ1) is 12.3. The van der Waals surface area contributed by atoms with E-state index in [1.54, 1.807) is 13.1 Å². The van der Waals surface area contributed by atoms with Crippen LogP contribution in [0.3, 0.4) is 0 Å². The Balaban J connectivity index is 1.94. The van der Waals surface area contributed by atoms with Gasteiger partial charge < -0.3 is 19.7 Å². The molecule has 1 aliphatic heterocycles. The van der Waals surface area contributed by atoms with E-state index in [4.69, 9.17) is 21.7 Å². The van der Waals surface area contributed by atoms with Crippen LogP contribution in [-0.4, -0.2) is 44.8 Å². The van der Waals surface area contributed by atoms with Crippen LogP contribution in [0.5, 0.6) is 11.6 Å². The summed E-state index contributed by atoms with van der Waals surface area (Å²) in [5.74, 6) is 1.03. The van der Waals surface area contributed by atoms with Gasteiger partial charge in [0.1, 0.15) is 18.0 Å². The molecule has 0 radical (unpaired) electrons. The fourth-order valence-corrected chi connectivity index (χ4v) is 3.21. The fraction of sp³-hybridized carbons (Fsp3) is 0.444. The average Bonchev–Trinajstić information content (AvgIpc) is 2.89. The molecule has 0 bridgehead atoms. The van der Waals surface area contributed by atoms with Gasteiger partial charge in [-0.3, -0.25) is 4.57 Å². The molecular formula is C18H21FN2O4S. The molecule has 1 unspecified atom stereocenters. The molecule has 1 aliphatic rings. The minimum absolute atomic E-state index is 0.0651. The van der Waals surface area contributed by atoms with Gasteiger partial charge in [0, 0.05) is 11.8 Å². The van der Waals surface area contributed by atoms with Crippen LogP contribution in [0, 0.1) is 25.5 Å². The number of hydrogen-bond donors (Lipinski definition) is 2. The molecule has 0 aliphatic carbocycles. The molecule has 8 heteroatoms. The summed E-state index contributed by atoms with van der Waals surface area (Å²) in [4.78, 5) is 4.27. The number of benzene rings is 1. The molecule has 0 amide bonds. The van der Waals surface area contributed by atoms with Gasteiger partial charge in [-0.2, -0.15) is 4.98 Å². The van der Waals surface area contributed by atoms with Crippen molar-refractivity contribution in [1.82, 2.24) is 9.55 Å². The summed E-state index contributed by atoms with van der Waals surface area (Å²) in [5.41, 5.74) is 2.57. The molecule has 2 N–H and O–H groups in total. The van der Waals surface area contributed by atoms with E-state index in [0.29, 0.717) is 17.2 Å². The molecule has 1 aromatic carbocycles. The van der Waals surface area contributed by atoms with E-state index in [2.05, 4.69) is 4.98 Å². The van der Waals surface area contributed by atoms with Crippen molar-refractivity contribution in [3.63, 3.8) is 0 Å². The molecule has 140 valence electrons. The molecule has 2 aromatic rings. The number of aliphatic hydroxyl groups excluding tert-OH is 2. The second-order valence-electron chi connectivity index (χ2n) is 6.42. The lowest BCUT2D eigenvalue weighted by Gasteiger charge is -2.19. The molecule has 0 saturated carbocycles. The lowest BCUT2D eigenvalue weighted by atomic mass is 10.1. The molecule has 1 saturated heterocycles. The number of aromatic nitrogens is 2. The Bertz CT molecular complexity index is 853. The Hall–Kier alpha value is -1.87. The van der Waals surface area contributed by atoms with E-state index >= 15 is 0 Å². The van der Waals surface area contributed by atoms with Gasteiger partial charge in [-0.15, -0.1) is 0 Å². The Labute approximate surface area is 155 Å². The van der Waals surface area contributed by atoms with Gasteiger partial charge in [-0.05, 0) is 44.1 Å². The predicted molar refractivity (Wildman–Crippen MR) is 95.7 cm³/mol. The van der Waals surface area contributed by atoms with Gasteiger partial charge >= 0.3 is 0 Å². The molecule has 1 aromatic heterocycles. The maximum absolute atomic E-state index is 14.4. The first-order valence-corrected chi connectivity index (χ1v) is 8.66. The molecular weight excluding hydrogens is 359 g/mol. The zero-order valence-corrected chi connectivity index (χ0v) is 15.5. The van der Waals surface area contributed by atoms with Gasteiger partial charge in [0.15, 0.2) is 12.4 Å². The van der Waals surface area contributed by atoms with E-state index in [-0.39, 0.29) is 4.77 Å². The third-order valence-corrected chi connectivity index (χ3v) is 4.75. The van der Waals surface area contributed by atoms with Crippen LogP contribution >= 0.6 is 12.2 Å². The Morgan fingerprint density at radius 3 is 2.50 bits per heavy atom. The first-order valence-electron chi connectivity index (χ1n) is 8.25. The van der Waals surface area contributed by atoms with Crippen molar-refractivity contribution in [2.24, 2.45) is 0 Å². The predicted octanol–water partition coefficient (Wildman–Crippen LogP) is 2.92. The number of aliphatic hydroxyl groups is 2. The molecule has 2 heterocycles. The number of nitrogens with zero attached hydrogens (tertiary/aromatic N) is 2. The minimum atomic E-state index is -1.72. The van der Waals surface area contributed by atoms with E-state index in [9.17, 15) is 14.6 Å². The molecule has 4 atom stereocenters. The molecule has 26 heavy (non-hydrogen) atoms. The number of alkyl halides is 1. The second kappa shape index (κ2) is 7.40. The van der Waals surface area contributed by atoms with Crippen molar-refractivity contribution in [2.45, 2.75) is 45.4 Å². The molecule has 1 fully saturated rings. The topological polar surface area (TPSA) is 76.7 Å². The zero-order valence-electron chi connectivity index (χ0n) is 14.7. The summed E-state index contributed by atoms with van der Waals surface area (Å²) in [7, 11) is 0. The molecule has 0 spiro atoms. The van der Waals surface area contributed by atoms with Crippen LogP contribution in [0.2, 0.25) is 0 Å². The van der Waals surface area contributed by atoms with E-state index < -0.39 is 31.2 Å². The largest absolute Gasteiger partial charge is 0.438 e. The van der Waals surface area contributed by atoms with Crippen molar-refractivity contribution in [3.8, 4) is 11.6 Å². The highest BCUT2D eigenvalue weighted by Crippen LogP contribution is 2.34. The third-order valence-electron chi connectivity index (χ3n) is 4.44. The summed E-state index contributed by atoms with van der Waals surface area (Å²) in [5, 5.41) is 19.0. The zero-order chi connectivity index (χ0) is 19.0. The monoisotopic (exact) mass is 380 g/mol. The van der Waals surface area contributed by atoms with Gasteiger partial charge in [0.2, 0.25) is 10.7 Å². The molecule has 3 rings (SSSR count). The number of aryl methyl sites for hydroxylation is 3. The second-order valence-corrected chi connectivity index (χ2v) is 6.79. The number of rotatable bonds is 4. The standard InChI is InChI=1S/C18H21FN2O4S/c1-9-5-4-6-10(2)15(9)25-16-11(3)7-21(18(26)20-16)17-13(19)14(23)12(8-22)24-17/h4-7,12-14,17,22-23H,8H2,1-3H3/t12-,13?,14+,17-/m0/s1. The quantitative estimate of drug-likeness (QED) is 0.795.